The molecule has 0 aromatic heterocycles. The van der Waals surface area contributed by atoms with Gasteiger partial charge in [-0.25, -0.2) is 0 Å². The zero-order valence-electron chi connectivity index (χ0n) is 19.7. The van der Waals surface area contributed by atoms with Crippen LogP contribution in [-0.2, 0) is 14.3 Å². The van der Waals surface area contributed by atoms with Gasteiger partial charge >= 0.3 is 0 Å². The Morgan fingerprint density at radius 3 is 2.56 bits per heavy atom. The molecule has 1 fully saturated rings. The Hall–Kier alpha value is -2.61. The van der Waals surface area contributed by atoms with E-state index in [0.717, 1.165) is 12.8 Å². The minimum atomic E-state index is -0.225. The summed E-state index contributed by atoms with van der Waals surface area (Å²) in [6.45, 7) is 6.99. The van der Waals surface area contributed by atoms with Crippen LogP contribution in [0.3, 0.4) is 0 Å². The van der Waals surface area contributed by atoms with Crippen molar-refractivity contribution >= 4 is 23.4 Å². The molecule has 1 heterocycles. The smallest absolute Gasteiger partial charge is 0.257 e. The lowest BCUT2D eigenvalue weighted by atomic mass is 10.0. The van der Waals surface area contributed by atoms with Gasteiger partial charge in [0.25, 0.3) is 5.91 Å². The summed E-state index contributed by atoms with van der Waals surface area (Å²) in [4.78, 5) is 41.6. The fourth-order valence-electron chi connectivity index (χ4n) is 3.98. The van der Waals surface area contributed by atoms with Crippen molar-refractivity contribution < 1.29 is 23.9 Å². The Bertz CT molecular complexity index is 854. The summed E-state index contributed by atoms with van der Waals surface area (Å²) >= 11 is 0. The summed E-state index contributed by atoms with van der Waals surface area (Å²) in [6.07, 6.45) is 2.00. The molecule has 8 heteroatoms. The molecule has 1 N–H and O–H groups in total. The van der Waals surface area contributed by atoms with Crippen LogP contribution in [0.2, 0.25) is 0 Å². The lowest BCUT2D eigenvalue weighted by Gasteiger charge is -2.36. The van der Waals surface area contributed by atoms with Crippen molar-refractivity contribution in [3.05, 3.63) is 23.8 Å². The first kappa shape index (κ1) is 24.0. The van der Waals surface area contributed by atoms with Crippen LogP contribution in [-0.4, -0.2) is 73.5 Å². The molecule has 0 saturated heterocycles. The van der Waals surface area contributed by atoms with Crippen molar-refractivity contribution in [1.29, 1.82) is 0 Å². The van der Waals surface area contributed by atoms with Gasteiger partial charge in [0.15, 0.2) is 0 Å². The van der Waals surface area contributed by atoms with E-state index in [0.29, 0.717) is 36.5 Å². The number of fused-ring (bicyclic) bond motifs is 1. The van der Waals surface area contributed by atoms with Crippen LogP contribution in [0.5, 0.6) is 5.75 Å². The number of hydrogen-bond donors (Lipinski definition) is 1. The first-order valence-electron chi connectivity index (χ1n) is 11.4. The number of benzene rings is 1. The summed E-state index contributed by atoms with van der Waals surface area (Å²) < 4.78 is 11.8. The van der Waals surface area contributed by atoms with E-state index < -0.39 is 0 Å². The molecule has 2 aliphatic rings. The minimum Gasteiger partial charge on any atom is -0.491 e. The molecule has 176 valence electrons. The van der Waals surface area contributed by atoms with Crippen LogP contribution in [0.1, 0.15) is 50.4 Å². The number of methoxy groups -OCH3 is 1. The quantitative estimate of drug-likeness (QED) is 0.770. The van der Waals surface area contributed by atoms with Crippen LogP contribution < -0.4 is 10.1 Å². The van der Waals surface area contributed by atoms with Gasteiger partial charge in [-0.1, -0.05) is 13.8 Å². The van der Waals surface area contributed by atoms with Gasteiger partial charge in [-0.05, 0) is 38.0 Å². The highest BCUT2D eigenvalue weighted by Crippen LogP contribution is 2.33. The van der Waals surface area contributed by atoms with Crippen molar-refractivity contribution in [2.24, 2.45) is 11.8 Å². The van der Waals surface area contributed by atoms with Crippen molar-refractivity contribution in [3.63, 3.8) is 0 Å². The number of carbonyl (C=O) groups excluding carboxylic acids is 3. The number of amides is 3. The van der Waals surface area contributed by atoms with E-state index in [1.165, 1.54) is 0 Å². The molecule has 3 amide bonds. The second kappa shape index (κ2) is 10.3. The Morgan fingerprint density at radius 2 is 1.94 bits per heavy atom. The van der Waals surface area contributed by atoms with E-state index in [-0.39, 0.29) is 48.3 Å². The van der Waals surface area contributed by atoms with E-state index in [1.54, 1.807) is 44.2 Å². The van der Waals surface area contributed by atoms with Crippen molar-refractivity contribution in [2.75, 3.05) is 39.2 Å². The number of rotatable bonds is 4. The topological polar surface area (TPSA) is 88.2 Å². The number of anilines is 1. The van der Waals surface area contributed by atoms with Crippen LogP contribution >= 0.6 is 0 Å². The van der Waals surface area contributed by atoms with Gasteiger partial charge in [0.05, 0.1) is 17.7 Å². The van der Waals surface area contributed by atoms with E-state index >= 15 is 0 Å². The Labute approximate surface area is 190 Å². The number of ether oxygens (including phenoxy) is 2. The molecule has 0 spiro atoms. The van der Waals surface area contributed by atoms with Crippen molar-refractivity contribution in [2.45, 2.75) is 52.2 Å². The molecule has 1 aromatic carbocycles. The number of hydrogen-bond acceptors (Lipinski definition) is 5. The maximum absolute atomic E-state index is 13.3. The molecule has 1 aliphatic heterocycles. The van der Waals surface area contributed by atoms with Crippen LogP contribution in [0.15, 0.2) is 18.2 Å². The zero-order chi connectivity index (χ0) is 23.4. The second-order valence-corrected chi connectivity index (χ2v) is 8.97. The third kappa shape index (κ3) is 5.59. The van der Waals surface area contributed by atoms with Gasteiger partial charge < -0.3 is 24.6 Å². The standard InChI is InChI=1S/C24H35N3O5/c1-6-22(28)25-18-9-10-20-19(11-18)24(30)26(4)13-21(31-5)15(2)12-27(16(3)14-32-20)23(29)17-7-8-17/h9-11,15-17,21H,6-8,12-14H2,1-5H3,(H,25,28)/t15-,16+,21+/m0/s1. The average Bonchev–Trinajstić information content (AvgIpc) is 3.63. The molecule has 8 nitrogen and oxygen atoms in total. The third-order valence-corrected chi connectivity index (χ3v) is 6.26. The predicted octanol–water partition coefficient (Wildman–Crippen LogP) is 2.78. The maximum Gasteiger partial charge on any atom is 0.257 e. The van der Waals surface area contributed by atoms with E-state index in [9.17, 15) is 14.4 Å². The molecule has 1 aromatic rings. The second-order valence-electron chi connectivity index (χ2n) is 8.97. The van der Waals surface area contributed by atoms with Gasteiger partial charge in [-0.3, -0.25) is 14.4 Å². The highest BCUT2D eigenvalue weighted by Gasteiger charge is 2.37. The number of nitrogens with zero attached hydrogens (tertiary/aromatic N) is 2. The Balaban J connectivity index is 1.94. The van der Waals surface area contributed by atoms with Crippen LogP contribution in [0, 0.1) is 11.8 Å². The Morgan fingerprint density at radius 1 is 1.22 bits per heavy atom. The Kier molecular flexibility index (Phi) is 7.77. The summed E-state index contributed by atoms with van der Waals surface area (Å²) in [7, 11) is 3.36. The van der Waals surface area contributed by atoms with Crippen molar-refractivity contribution in [1.82, 2.24) is 9.80 Å². The molecule has 1 saturated carbocycles. The van der Waals surface area contributed by atoms with Gasteiger partial charge in [-0.15, -0.1) is 0 Å². The first-order chi connectivity index (χ1) is 15.2. The first-order valence-corrected chi connectivity index (χ1v) is 11.4. The predicted molar refractivity (Wildman–Crippen MR) is 122 cm³/mol. The molecular weight excluding hydrogens is 410 g/mol. The third-order valence-electron chi connectivity index (χ3n) is 6.26. The molecule has 3 rings (SSSR count). The van der Waals surface area contributed by atoms with E-state index in [2.05, 4.69) is 5.32 Å². The fourth-order valence-corrected chi connectivity index (χ4v) is 3.98. The van der Waals surface area contributed by atoms with Gasteiger partial charge in [0, 0.05) is 51.2 Å². The largest absolute Gasteiger partial charge is 0.491 e. The fraction of sp³-hybridized carbons (Fsp3) is 0.625. The number of nitrogens with one attached hydrogen (secondary N) is 1. The SMILES string of the molecule is CCC(=O)Nc1ccc2c(c1)C(=O)N(C)C[C@@H](OC)[C@@H](C)CN(C(=O)C1CC1)[C@H](C)CO2. The molecule has 0 radical (unpaired) electrons. The molecular formula is C24H35N3O5. The van der Waals surface area contributed by atoms with E-state index in [4.69, 9.17) is 9.47 Å². The number of likely N-dealkylation sites (N-methyl/N-ethyl adjacent to an activating group) is 1. The normalized spacial score (nSPS) is 24.7. The highest BCUT2D eigenvalue weighted by molar-refractivity contribution is 5.99. The monoisotopic (exact) mass is 445 g/mol. The van der Waals surface area contributed by atoms with Crippen LogP contribution in [0.25, 0.3) is 0 Å². The molecule has 32 heavy (non-hydrogen) atoms. The lowest BCUT2D eigenvalue weighted by molar-refractivity contribution is -0.136. The zero-order valence-corrected chi connectivity index (χ0v) is 19.7. The van der Waals surface area contributed by atoms with Crippen LogP contribution in [0.4, 0.5) is 5.69 Å². The molecule has 0 unspecified atom stereocenters. The number of carbonyl (C=O) groups is 3. The lowest BCUT2D eigenvalue weighted by Crippen LogP contribution is -2.49. The summed E-state index contributed by atoms with van der Waals surface area (Å²) in [5, 5.41) is 2.80. The highest BCUT2D eigenvalue weighted by atomic mass is 16.5. The van der Waals surface area contributed by atoms with Crippen molar-refractivity contribution in [3.8, 4) is 5.75 Å². The average molecular weight is 446 g/mol. The maximum atomic E-state index is 13.3. The molecule has 1 aliphatic carbocycles. The van der Waals surface area contributed by atoms with Gasteiger partial charge in [0.2, 0.25) is 11.8 Å². The van der Waals surface area contributed by atoms with E-state index in [1.807, 2.05) is 18.7 Å². The van der Waals surface area contributed by atoms with Gasteiger partial charge in [-0.2, -0.15) is 0 Å². The molecule has 3 atom stereocenters. The summed E-state index contributed by atoms with van der Waals surface area (Å²) in [5.41, 5.74) is 0.917. The minimum absolute atomic E-state index is 0.0365. The summed E-state index contributed by atoms with van der Waals surface area (Å²) in [6, 6.07) is 4.93. The molecule has 0 bridgehead atoms. The summed E-state index contributed by atoms with van der Waals surface area (Å²) in [5.74, 6) is 0.415. The van der Waals surface area contributed by atoms with Gasteiger partial charge in [0.1, 0.15) is 12.4 Å².